The lowest BCUT2D eigenvalue weighted by Crippen LogP contribution is -2.26. The van der Waals surface area contributed by atoms with Crippen molar-refractivity contribution in [2.24, 2.45) is 0 Å². The van der Waals surface area contributed by atoms with E-state index in [1.807, 2.05) is 6.08 Å². The van der Waals surface area contributed by atoms with E-state index in [0.29, 0.717) is 6.54 Å². The molecule has 2 rings (SSSR count). The summed E-state index contributed by atoms with van der Waals surface area (Å²) in [5, 5.41) is 2.80. The van der Waals surface area contributed by atoms with Crippen LogP contribution in [0.2, 0.25) is 0 Å². The number of carbonyl (C=O) groups is 1. The summed E-state index contributed by atoms with van der Waals surface area (Å²) in [6.07, 6.45) is -1.50. The average Bonchev–Trinajstić information content (AvgIpc) is 2.52. The van der Waals surface area contributed by atoms with E-state index in [1.165, 1.54) is 12.1 Å². The molecule has 7 heteroatoms. The second-order valence-corrected chi connectivity index (χ2v) is 5.91. The van der Waals surface area contributed by atoms with Crippen LogP contribution in [0.4, 0.5) is 13.2 Å². The van der Waals surface area contributed by atoms with Crippen LogP contribution in [0.5, 0.6) is 5.75 Å². The first kappa shape index (κ1) is 16.7. The number of thioether (sulfide) groups is 1. The molecule has 1 heterocycles. The Morgan fingerprint density at radius 2 is 2.00 bits per heavy atom. The number of alkyl halides is 3. The first-order chi connectivity index (χ1) is 10.4. The van der Waals surface area contributed by atoms with Crippen LogP contribution < -0.4 is 10.1 Å². The molecule has 0 bridgehead atoms. The number of benzene rings is 1. The number of carbonyl (C=O) groups excluding carboxylic acids is 1. The van der Waals surface area contributed by atoms with Crippen molar-refractivity contribution < 1.29 is 22.7 Å². The van der Waals surface area contributed by atoms with E-state index in [-0.39, 0.29) is 11.7 Å². The van der Waals surface area contributed by atoms with Crippen LogP contribution in [0.25, 0.3) is 0 Å². The van der Waals surface area contributed by atoms with E-state index in [4.69, 9.17) is 0 Å². The molecule has 1 amide bonds. The molecule has 1 aromatic rings. The Balaban J connectivity index is 1.81. The monoisotopic (exact) mass is 331 g/mol. The number of amides is 1. The molecule has 120 valence electrons. The molecule has 1 aliphatic heterocycles. The SMILES string of the molecule is O=C(NCc1ccc(OCC(F)(F)F)cc1)C1=CCCSC1. The van der Waals surface area contributed by atoms with Gasteiger partial charge in [-0.3, -0.25) is 4.79 Å². The largest absolute Gasteiger partial charge is 0.484 e. The summed E-state index contributed by atoms with van der Waals surface area (Å²) in [4.78, 5) is 11.9. The van der Waals surface area contributed by atoms with Gasteiger partial charge in [0.15, 0.2) is 6.61 Å². The zero-order valence-corrected chi connectivity index (χ0v) is 12.6. The molecule has 0 saturated heterocycles. The van der Waals surface area contributed by atoms with Crippen LogP contribution >= 0.6 is 11.8 Å². The fourth-order valence-corrected chi connectivity index (χ4v) is 2.78. The third kappa shape index (κ3) is 5.63. The zero-order chi connectivity index (χ0) is 16.0. The highest BCUT2D eigenvalue weighted by Crippen LogP contribution is 2.19. The minimum atomic E-state index is -4.35. The molecular formula is C15H16F3NO2S. The maximum absolute atomic E-state index is 12.0. The normalized spacial score (nSPS) is 15.1. The van der Waals surface area contributed by atoms with Gasteiger partial charge in [0.05, 0.1) is 0 Å². The maximum atomic E-state index is 12.0. The van der Waals surface area contributed by atoms with Gasteiger partial charge in [-0.15, -0.1) is 0 Å². The summed E-state index contributed by atoms with van der Waals surface area (Å²) in [7, 11) is 0. The summed E-state index contributed by atoms with van der Waals surface area (Å²) in [6, 6.07) is 6.19. The number of nitrogens with one attached hydrogen (secondary N) is 1. The Hall–Kier alpha value is -1.63. The first-order valence-electron chi connectivity index (χ1n) is 6.77. The Bertz CT molecular complexity index is 541. The van der Waals surface area contributed by atoms with Gasteiger partial charge in [0, 0.05) is 17.9 Å². The van der Waals surface area contributed by atoms with Crippen molar-refractivity contribution in [1.82, 2.24) is 5.32 Å². The smallest absolute Gasteiger partial charge is 0.422 e. The summed E-state index contributed by atoms with van der Waals surface area (Å²) in [6.45, 7) is -0.977. The number of allylic oxidation sites excluding steroid dienone is 1. The van der Waals surface area contributed by atoms with Gasteiger partial charge in [-0.2, -0.15) is 24.9 Å². The Kier molecular flexibility index (Phi) is 5.76. The number of halogens is 3. The molecule has 0 spiro atoms. The molecule has 0 aliphatic carbocycles. The maximum Gasteiger partial charge on any atom is 0.422 e. The van der Waals surface area contributed by atoms with Crippen LogP contribution in [0.3, 0.4) is 0 Å². The van der Waals surface area contributed by atoms with E-state index in [9.17, 15) is 18.0 Å². The van der Waals surface area contributed by atoms with Crippen molar-refractivity contribution in [1.29, 1.82) is 0 Å². The van der Waals surface area contributed by atoms with Crippen molar-refractivity contribution in [3.05, 3.63) is 41.5 Å². The van der Waals surface area contributed by atoms with E-state index in [1.54, 1.807) is 23.9 Å². The molecule has 3 nitrogen and oxygen atoms in total. The van der Waals surface area contributed by atoms with Crippen LogP contribution in [0.1, 0.15) is 12.0 Å². The lowest BCUT2D eigenvalue weighted by atomic mass is 10.2. The van der Waals surface area contributed by atoms with Crippen LogP contribution in [0.15, 0.2) is 35.9 Å². The highest BCUT2D eigenvalue weighted by molar-refractivity contribution is 7.99. The molecule has 0 saturated carbocycles. The summed E-state index contributed by atoms with van der Waals surface area (Å²) in [5.41, 5.74) is 1.58. The average molecular weight is 331 g/mol. The van der Waals surface area contributed by atoms with E-state index in [2.05, 4.69) is 10.1 Å². The molecule has 1 aliphatic rings. The summed E-state index contributed by atoms with van der Waals surface area (Å²) in [5.74, 6) is 1.81. The summed E-state index contributed by atoms with van der Waals surface area (Å²) >= 11 is 1.72. The standard InChI is InChI=1S/C15H16F3NO2S/c16-15(17,18)10-21-13-5-3-11(4-6-13)8-19-14(20)12-2-1-7-22-9-12/h2-6H,1,7-10H2,(H,19,20). The molecule has 22 heavy (non-hydrogen) atoms. The van der Waals surface area contributed by atoms with Gasteiger partial charge >= 0.3 is 6.18 Å². The minimum Gasteiger partial charge on any atom is -0.484 e. The molecule has 0 unspecified atom stereocenters. The number of hydrogen-bond donors (Lipinski definition) is 1. The second-order valence-electron chi connectivity index (χ2n) is 4.80. The number of rotatable bonds is 5. The predicted octanol–water partition coefficient (Wildman–Crippen LogP) is 3.31. The van der Waals surface area contributed by atoms with Crippen molar-refractivity contribution in [2.75, 3.05) is 18.1 Å². The van der Waals surface area contributed by atoms with Crippen molar-refractivity contribution in [3.8, 4) is 5.75 Å². The lowest BCUT2D eigenvalue weighted by molar-refractivity contribution is -0.153. The van der Waals surface area contributed by atoms with Gasteiger partial charge in [-0.05, 0) is 29.9 Å². The first-order valence-corrected chi connectivity index (χ1v) is 7.93. The third-order valence-electron chi connectivity index (χ3n) is 2.98. The number of ether oxygens (including phenoxy) is 1. The van der Waals surface area contributed by atoms with E-state index >= 15 is 0 Å². The molecular weight excluding hydrogens is 315 g/mol. The fraction of sp³-hybridized carbons (Fsp3) is 0.400. The van der Waals surface area contributed by atoms with Gasteiger partial charge in [0.2, 0.25) is 5.91 Å². The Morgan fingerprint density at radius 1 is 1.27 bits per heavy atom. The molecule has 1 N–H and O–H groups in total. The molecule has 0 atom stereocenters. The van der Waals surface area contributed by atoms with E-state index < -0.39 is 12.8 Å². The van der Waals surface area contributed by atoms with Crippen LogP contribution in [-0.4, -0.2) is 30.2 Å². The van der Waals surface area contributed by atoms with Gasteiger partial charge < -0.3 is 10.1 Å². The van der Waals surface area contributed by atoms with E-state index in [0.717, 1.165) is 29.1 Å². The molecule has 0 fully saturated rings. The van der Waals surface area contributed by atoms with Crippen molar-refractivity contribution >= 4 is 17.7 Å². The molecule has 1 aromatic carbocycles. The predicted molar refractivity (Wildman–Crippen MR) is 79.9 cm³/mol. The van der Waals surface area contributed by atoms with Gasteiger partial charge in [-0.25, -0.2) is 0 Å². The van der Waals surface area contributed by atoms with Crippen molar-refractivity contribution in [2.45, 2.75) is 19.1 Å². The van der Waals surface area contributed by atoms with Gasteiger partial charge in [0.25, 0.3) is 0 Å². The van der Waals surface area contributed by atoms with Crippen molar-refractivity contribution in [3.63, 3.8) is 0 Å². The third-order valence-corrected chi connectivity index (χ3v) is 4.02. The Labute approximate surface area is 130 Å². The Morgan fingerprint density at radius 3 is 2.59 bits per heavy atom. The van der Waals surface area contributed by atoms with Gasteiger partial charge in [0.1, 0.15) is 5.75 Å². The number of hydrogen-bond acceptors (Lipinski definition) is 3. The quantitative estimate of drug-likeness (QED) is 0.900. The fourth-order valence-electron chi connectivity index (χ4n) is 1.88. The van der Waals surface area contributed by atoms with Crippen LogP contribution in [-0.2, 0) is 11.3 Å². The topological polar surface area (TPSA) is 38.3 Å². The summed E-state index contributed by atoms with van der Waals surface area (Å²) < 4.78 is 40.7. The minimum absolute atomic E-state index is 0.0930. The molecule has 0 aromatic heterocycles. The second kappa shape index (κ2) is 7.58. The van der Waals surface area contributed by atoms with Crippen LogP contribution in [0, 0.1) is 0 Å². The lowest BCUT2D eigenvalue weighted by Gasteiger charge is -2.13. The highest BCUT2D eigenvalue weighted by Gasteiger charge is 2.28. The molecule has 0 radical (unpaired) electrons. The highest BCUT2D eigenvalue weighted by atomic mass is 32.2. The van der Waals surface area contributed by atoms with Gasteiger partial charge in [-0.1, -0.05) is 18.2 Å². The zero-order valence-electron chi connectivity index (χ0n) is 11.8.